The van der Waals surface area contributed by atoms with Crippen molar-refractivity contribution in [1.29, 1.82) is 0 Å². The van der Waals surface area contributed by atoms with Gasteiger partial charge in [-0.3, -0.25) is 0 Å². The van der Waals surface area contributed by atoms with Crippen LogP contribution in [0.3, 0.4) is 0 Å². The smallest absolute Gasteiger partial charge is 0.0991 e. The van der Waals surface area contributed by atoms with Crippen LogP contribution in [0.15, 0.2) is 43.0 Å². The largest absolute Gasteiger partial charge is 0.315 e. The second kappa shape index (κ2) is 6.36. The van der Waals surface area contributed by atoms with E-state index in [2.05, 4.69) is 48.4 Å². The summed E-state index contributed by atoms with van der Waals surface area (Å²) < 4.78 is 2.02. The van der Waals surface area contributed by atoms with E-state index in [0.717, 1.165) is 18.7 Å². The van der Waals surface area contributed by atoms with Crippen LogP contribution in [0.4, 0.5) is 0 Å². The minimum Gasteiger partial charge on any atom is -0.315 e. The van der Waals surface area contributed by atoms with Crippen molar-refractivity contribution in [3.8, 4) is 5.69 Å². The molecule has 0 bridgehead atoms. The average molecular weight is 243 g/mol. The van der Waals surface area contributed by atoms with Crippen LogP contribution in [0, 0.1) is 0 Å². The Morgan fingerprint density at radius 2 is 2.06 bits per heavy atom. The monoisotopic (exact) mass is 243 g/mol. The first kappa shape index (κ1) is 12.8. The van der Waals surface area contributed by atoms with Crippen LogP contribution in [0.2, 0.25) is 0 Å². The van der Waals surface area contributed by atoms with Gasteiger partial charge in [0.2, 0.25) is 0 Å². The van der Waals surface area contributed by atoms with Gasteiger partial charge in [0.1, 0.15) is 0 Å². The van der Waals surface area contributed by atoms with E-state index in [-0.39, 0.29) is 0 Å². The van der Waals surface area contributed by atoms with Gasteiger partial charge in [-0.2, -0.15) is 0 Å². The van der Waals surface area contributed by atoms with Crippen molar-refractivity contribution in [2.75, 3.05) is 6.54 Å². The van der Waals surface area contributed by atoms with E-state index in [4.69, 9.17) is 0 Å². The van der Waals surface area contributed by atoms with E-state index in [9.17, 15) is 0 Å². The summed E-state index contributed by atoms with van der Waals surface area (Å²) in [6.07, 6.45) is 7.88. The van der Waals surface area contributed by atoms with Crippen LogP contribution in [0.25, 0.3) is 5.69 Å². The fourth-order valence-corrected chi connectivity index (χ4v) is 2.08. The SMILES string of the molecule is CCNC(C)CCc1ccc(-n2ccnc2)cc1. The number of rotatable bonds is 6. The molecule has 3 nitrogen and oxygen atoms in total. The molecule has 96 valence electrons. The zero-order chi connectivity index (χ0) is 12.8. The summed E-state index contributed by atoms with van der Waals surface area (Å²) in [4.78, 5) is 4.06. The number of imidazole rings is 1. The highest BCUT2D eigenvalue weighted by Crippen LogP contribution is 2.11. The van der Waals surface area contributed by atoms with Gasteiger partial charge in [0.25, 0.3) is 0 Å². The van der Waals surface area contributed by atoms with Gasteiger partial charge in [-0.1, -0.05) is 19.1 Å². The molecule has 2 aromatic rings. The molecule has 2 rings (SSSR count). The molecule has 1 heterocycles. The quantitative estimate of drug-likeness (QED) is 0.845. The Balaban J connectivity index is 1.92. The van der Waals surface area contributed by atoms with Crippen LogP contribution in [0.1, 0.15) is 25.8 Å². The Kier molecular flexibility index (Phi) is 4.53. The Bertz CT molecular complexity index is 445. The van der Waals surface area contributed by atoms with Crippen LogP contribution in [0.5, 0.6) is 0 Å². The highest BCUT2D eigenvalue weighted by molar-refractivity contribution is 5.34. The first-order valence-corrected chi connectivity index (χ1v) is 6.60. The Morgan fingerprint density at radius 1 is 1.28 bits per heavy atom. The summed E-state index contributed by atoms with van der Waals surface area (Å²) in [7, 11) is 0. The topological polar surface area (TPSA) is 29.9 Å². The van der Waals surface area contributed by atoms with Crippen molar-refractivity contribution < 1.29 is 0 Å². The van der Waals surface area contributed by atoms with Crippen LogP contribution >= 0.6 is 0 Å². The summed E-state index contributed by atoms with van der Waals surface area (Å²) in [5.74, 6) is 0. The fraction of sp³-hybridized carbons (Fsp3) is 0.400. The van der Waals surface area contributed by atoms with Gasteiger partial charge in [-0.15, -0.1) is 0 Å². The molecule has 0 saturated heterocycles. The molecule has 0 spiro atoms. The molecule has 0 aliphatic heterocycles. The van der Waals surface area contributed by atoms with E-state index < -0.39 is 0 Å². The van der Waals surface area contributed by atoms with Crippen molar-refractivity contribution in [2.45, 2.75) is 32.7 Å². The summed E-state index contributed by atoms with van der Waals surface area (Å²) in [5, 5.41) is 3.44. The van der Waals surface area contributed by atoms with Crippen LogP contribution < -0.4 is 5.32 Å². The number of aryl methyl sites for hydroxylation is 1. The molecule has 0 radical (unpaired) electrons. The Labute approximate surface area is 109 Å². The zero-order valence-electron chi connectivity index (χ0n) is 11.1. The maximum Gasteiger partial charge on any atom is 0.0991 e. The van der Waals surface area contributed by atoms with Crippen molar-refractivity contribution in [1.82, 2.24) is 14.9 Å². The fourth-order valence-electron chi connectivity index (χ4n) is 2.08. The minimum absolute atomic E-state index is 0.586. The maximum atomic E-state index is 4.06. The molecular formula is C15H21N3. The van der Waals surface area contributed by atoms with Gasteiger partial charge in [-0.25, -0.2) is 4.98 Å². The average Bonchev–Trinajstić information content (AvgIpc) is 2.91. The van der Waals surface area contributed by atoms with E-state index in [1.807, 2.05) is 17.1 Å². The summed E-state index contributed by atoms with van der Waals surface area (Å²) in [6.45, 7) is 5.43. The lowest BCUT2D eigenvalue weighted by atomic mass is 10.1. The van der Waals surface area contributed by atoms with Gasteiger partial charge in [0.15, 0.2) is 0 Å². The zero-order valence-corrected chi connectivity index (χ0v) is 11.1. The molecule has 1 aromatic carbocycles. The highest BCUT2D eigenvalue weighted by Gasteiger charge is 2.01. The van der Waals surface area contributed by atoms with E-state index in [0.29, 0.717) is 6.04 Å². The van der Waals surface area contributed by atoms with E-state index >= 15 is 0 Å². The van der Waals surface area contributed by atoms with E-state index in [1.54, 1.807) is 6.20 Å². The van der Waals surface area contributed by atoms with Crippen molar-refractivity contribution >= 4 is 0 Å². The third-order valence-corrected chi connectivity index (χ3v) is 3.16. The lowest BCUT2D eigenvalue weighted by molar-refractivity contribution is 0.530. The third kappa shape index (κ3) is 3.44. The number of nitrogens with zero attached hydrogens (tertiary/aromatic N) is 2. The second-order valence-electron chi connectivity index (χ2n) is 4.63. The number of hydrogen-bond acceptors (Lipinski definition) is 2. The van der Waals surface area contributed by atoms with Gasteiger partial charge in [0, 0.05) is 24.1 Å². The first-order valence-electron chi connectivity index (χ1n) is 6.60. The lowest BCUT2D eigenvalue weighted by Crippen LogP contribution is -2.25. The number of nitrogens with one attached hydrogen (secondary N) is 1. The molecule has 1 unspecified atom stereocenters. The normalized spacial score (nSPS) is 12.6. The molecule has 1 atom stereocenters. The van der Waals surface area contributed by atoms with Gasteiger partial charge in [0.05, 0.1) is 6.33 Å². The number of hydrogen-bond donors (Lipinski definition) is 1. The Hall–Kier alpha value is -1.61. The van der Waals surface area contributed by atoms with Gasteiger partial charge < -0.3 is 9.88 Å². The molecule has 0 saturated carbocycles. The highest BCUT2D eigenvalue weighted by atomic mass is 15.0. The predicted molar refractivity (Wildman–Crippen MR) is 75.0 cm³/mol. The van der Waals surface area contributed by atoms with Crippen LogP contribution in [-0.2, 0) is 6.42 Å². The molecule has 3 heteroatoms. The standard InChI is InChI=1S/C15H21N3/c1-3-17-13(2)4-5-14-6-8-15(9-7-14)18-11-10-16-12-18/h6-13,17H,3-5H2,1-2H3. The predicted octanol–water partition coefficient (Wildman–Crippen LogP) is 2.80. The first-order chi connectivity index (χ1) is 8.79. The summed E-state index contributed by atoms with van der Waals surface area (Å²) >= 11 is 0. The van der Waals surface area contributed by atoms with Crippen LogP contribution in [-0.4, -0.2) is 22.1 Å². The second-order valence-corrected chi connectivity index (χ2v) is 4.63. The Morgan fingerprint density at radius 3 is 2.67 bits per heavy atom. The number of aromatic nitrogens is 2. The molecule has 0 fully saturated rings. The maximum absolute atomic E-state index is 4.06. The lowest BCUT2D eigenvalue weighted by Gasteiger charge is -2.12. The molecular weight excluding hydrogens is 222 g/mol. The molecule has 18 heavy (non-hydrogen) atoms. The summed E-state index contributed by atoms with van der Waals surface area (Å²) in [5.41, 5.74) is 2.56. The molecule has 1 aromatic heterocycles. The van der Waals surface area contributed by atoms with E-state index in [1.165, 1.54) is 12.0 Å². The molecule has 0 aliphatic carbocycles. The van der Waals surface area contributed by atoms with Gasteiger partial charge >= 0.3 is 0 Å². The summed E-state index contributed by atoms with van der Waals surface area (Å²) in [6, 6.07) is 9.29. The van der Waals surface area contributed by atoms with Crippen molar-refractivity contribution in [2.24, 2.45) is 0 Å². The third-order valence-electron chi connectivity index (χ3n) is 3.16. The van der Waals surface area contributed by atoms with Crippen molar-refractivity contribution in [3.05, 3.63) is 48.5 Å². The molecule has 1 N–H and O–H groups in total. The minimum atomic E-state index is 0.586. The van der Waals surface area contributed by atoms with Gasteiger partial charge in [-0.05, 0) is 44.0 Å². The van der Waals surface area contributed by atoms with Crippen molar-refractivity contribution in [3.63, 3.8) is 0 Å². The molecule has 0 amide bonds. The molecule has 0 aliphatic rings. The number of benzene rings is 1.